The first-order valence-corrected chi connectivity index (χ1v) is 10.4. The van der Waals surface area contributed by atoms with Crippen molar-refractivity contribution in [3.8, 4) is 5.75 Å². The molecule has 10 nitrogen and oxygen atoms in total. The van der Waals surface area contributed by atoms with E-state index in [1.54, 1.807) is 42.5 Å². The Morgan fingerprint density at radius 3 is 2.64 bits per heavy atom. The number of esters is 2. The number of benzene rings is 2. The number of nitrogens with one attached hydrogen (secondary N) is 1. The van der Waals surface area contributed by atoms with Crippen LogP contribution in [0, 0.1) is 0 Å². The molecular weight excluding hydrogens is 452 g/mol. The van der Waals surface area contributed by atoms with E-state index in [-0.39, 0.29) is 37.8 Å². The number of ether oxygens (including phenoxy) is 2. The van der Waals surface area contributed by atoms with E-state index in [1.807, 2.05) is 0 Å². The highest BCUT2D eigenvalue weighted by Crippen LogP contribution is 2.30. The lowest BCUT2D eigenvalue weighted by Gasteiger charge is -2.16. The van der Waals surface area contributed by atoms with E-state index in [2.05, 4.69) is 15.0 Å². The van der Waals surface area contributed by atoms with Gasteiger partial charge in [-0.15, -0.1) is 0 Å². The Kier molecular flexibility index (Phi) is 6.27. The fourth-order valence-corrected chi connectivity index (χ4v) is 3.48. The van der Waals surface area contributed by atoms with E-state index in [1.165, 1.54) is 11.7 Å². The number of halogens is 1. The highest BCUT2D eigenvalue weighted by Gasteiger charge is 2.21. The number of fused-ring (bicyclic) bond motifs is 1. The Morgan fingerprint density at radius 2 is 1.91 bits per heavy atom. The lowest BCUT2D eigenvalue weighted by atomic mass is 10.1. The van der Waals surface area contributed by atoms with Crippen LogP contribution in [0.5, 0.6) is 5.75 Å². The molecule has 0 amide bonds. The van der Waals surface area contributed by atoms with E-state index in [9.17, 15) is 19.2 Å². The molecule has 0 fully saturated rings. The Hall–Kier alpha value is -3.92. The summed E-state index contributed by atoms with van der Waals surface area (Å²) in [6, 6.07) is 11.9. The lowest BCUT2D eigenvalue weighted by molar-refractivity contribution is -0.141. The van der Waals surface area contributed by atoms with E-state index < -0.39 is 17.3 Å². The first kappa shape index (κ1) is 22.3. The van der Waals surface area contributed by atoms with Crippen LogP contribution in [0.4, 0.5) is 11.6 Å². The van der Waals surface area contributed by atoms with Crippen LogP contribution in [0.3, 0.4) is 0 Å². The van der Waals surface area contributed by atoms with Gasteiger partial charge in [-0.2, -0.15) is 4.98 Å². The van der Waals surface area contributed by atoms with Crippen molar-refractivity contribution >= 4 is 35.2 Å². The van der Waals surface area contributed by atoms with Crippen molar-refractivity contribution in [2.24, 2.45) is 0 Å². The zero-order valence-corrected chi connectivity index (χ0v) is 18.3. The normalized spacial score (nSPS) is 12.2. The monoisotopic (exact) mass is 470 g/mol. The molecule has 11 heteroatoms. The maximum absolute atomic E-state index is 13.2. The molecule has 1 aliphatic rings. The highest BCUT2D eigenvalue weighted by atomic mass is 35.5. The number of hydrogen-bond acceptors (Lipinski definition) is 8. The molecule has 0 radical (unpaired) electrons. The minimum atomic E-state index is -0.814. The fraction of sp³-hybridized carbons (Fsp3) is 0.227. The summed E-state index contributed by atoms with van der Waals surface area (Å²) in [5, 5.41) is 3.50. The Balaban J connectivity index is 1.73. The lowest BCUT2D eigenvalue weighted by Crippen LogP contribution is -2.43. The van der Waals surface area contributed by atoms with Gasteiger partial charge in [0.2, 0.25) is 5.95 Å². The number of aromatic nitrogens is 3. The molecule has 0 spiro atoms. The van der Waals surface area contributed by atoms with Gasteiger partial charge < -0.3 is 14.8 Å². The third kappa shape index (κ3) is 4.96. The molecule has 0 saturated carbocycles. The minimum absolute atomic E-state index is 0.00135. The van der Waals surface area contributed by atoms with Crippen molar-refractivity contribution in [1.82, 2.24) is 14.1 Å². The van der Waals surface area contributed by atoms with Crippen LogP contribution >= 0.6 is 11.6 Å². The number of methoxy groups -OCH3 is 1. The SMILES string of the molecule is COC(=O)CCn1c(=O)nc(Nc2ccc3c(c2)OC(=O)C3)n(Cc2ccc(Cl)cc2)c1=O. The number of nitrogens with zero attached hydrogens (tertiary/aromatic N) is 3. The van der Waals surface area contributed by atoms with Crippen LogP contribution in [-0.2, 0) is 33.8 Å². The molecule has 2 heterocycles. The Labute approximate surface area is 192 Å². The van der Waals surface area contributed by atoms with Crippen molar-refractivity contribution in [3.63, 3.8) is 0 Å². The molecule has 1 aromatic heterocycles. The topological polar surface area (TPSA) is 122 Å². The Bertz CT molecular complexity index is 1350. The molecule has 170 valence electrons. The van der Waals surface area contributed by atoms with Gasteiger partial charge in [0.15, 0.2) is 0 Å². The van der Waals surface area contributed by atoms with Gasteiger partial charge in [0, 0.05) is 28.9 Å². The zero-order valence-electron chi connectivity index (χ0n) is 17.5. The van der Waals surface area contributed by atoms with Crippen molar-refractivity contribution in [2.45, 2.75) is 25.9 Å². The zero-order chi connectivity index (χ0) is 23.5. The van der Waals surface area contributed by atoms with E-state index in [4.69, 9.17) is 16.3 Å². The van der Waals surface area contributed by atoms with Crippen LogP contribution in [0.2, 0.25) is 5.02 Å². The maximum Gasteiger partial charge on any atom is 0.354 e. The van der Waals surface area contributed by atoms with Crippen molar-refractivity contribution in [1.29, 1.82) is 0 Å². The number of carbonyl (C=O) groups excluding carboxylic acids is 2. The van der Waals surface area contributed by atoms with Crippen LogP contribution in [0.15, 0.2) is 52.1 Å². The van der Waals surface area contributed by atoms with Crippen LogP contribution in [-0.4, -0.2) is 33.2 Å². The summed E-state index contributed by atoms with van der Waals surface area (Å²) in [6.07, 6.45) is 0.0304. The van der Waals surface area contributed by atoms with Crippen LogP contribution in [0.25, 0.3) is 0 Å². The summed E-state index contributed by atoms with van der Waals surface area (Å²) in [5.74, 6) is -0.505. The second kappa shape index (κ2) is 9.29. The highest BCUT2D eigenvalue weighted by molar-refractivity contribution is 6.30. The van der Waals surface area contributed by atoms with Crippen molar-refractivity contribution < 1.29 is 19.1 Å². The van der Waals surface area contributed by atoms with Gasteiger partial charge in [-0.05, 0) is 23.8 Å². The van der Waals surface area contributed by atoms with Gasteiger partial charge >= 0.3 is 23.3 Å². The predicted molar refractivity (Wildman–Crippen MR) is 119 cm³/mol. The van der Waals surface area contributed by atoms with E-state index in [0.29, 0.717) is 16.5 Å². The van der Waals surface area contributed by atoms with Crippen molar-refractivity contribution in [2.75, 3.05) is 12.4 Å². The smallest absolute Gasteiger partial charge is 0.354 e. The molecule has 1 aliphatic heterocycles. The minimum Gasteiger partial charge on any atom is -0.469 e. The summed E-state index contributed by atoms with van der Waals surface area (Å²) < 4.78 is 11.9. The number of carbonyl (C=O) groups is 2. The maximum atomic E-state index is 13.2. The quantitative estimate of drug-likeness (QED) is 0.410. The first-order valence-electron chi connectivity index (χ1n) is 9.97. The molecule has 2 aromatic carbocycles. The summed E-state index contributed by atoms with van der Waals surface area (Å²) in [6.45, 7) is -0.0865. The van der Waals surface area contributed by atoms with Gasteiger partial charge in [-0.3, -0.25) is 14.2 Å². The molecule has 0 bridgehead atoms. The molecule has 0 atom stereocenters. The third-order valence-electron chi connectivity index (χ3n) is 5.05. The summed E-state index contributed by atoms with van der Waals surface area (Å²) in [5.41, 5.74) is 0.505. The molecule has 1 N–H and O–H groups in total. The number of rotatable bonds is 7. The largest absolute Gasteiger partial charge is 0.469 e. The molecule has 0 aliphatic carbocycles. The summed E-state index contributed by atoms with van der Waals surface area (Å²) in [7, 11) is 1.23. The predicted octanol–water partition coefficient (Wildman–Crippen LogP) is 1.87. The van der Waals surface area contributed by atoms with Crippen LogP contribution < -0.4 is 21.4 Å². The fourth-order valence-electron chi connectivity index (χ4n) is 3.35. The second-order valence-corrected chi connectivity index (χ2v) is 7.73. The third-order valence-corrected chi connectivity index (χ3v) is 5.30. The number of hydrogen-bond donors (Lipinski definition) is 1. The van der Waals surface area contributed by atoms with Crippen LogP contribution in [0.1, 0.15) is 17.5 Å². The Morgan fingerprint density at radius 1 is 1.15 bits per heavy atom. The van der Waals surface area contributed by atoms with Gasteiger partial charge in [0.25, 0.3) is 0 Å². The number of anilines is 2. The van der Waals surface area contributed by atoms with Gasteiger partial charge in [-0.25, -0.2) is 14.2 Å². The molecular formula is C22H19ClN4O6. The molecule has 3 aromatic rings. The van der Waals surface area contributed by atoms with Gasteiger partial charge in [0.05, 0.1) is 26.5 Å². The standard InChI is InChI=1S/C22H19ClN4O6/c1-32-18(28)8-9-26-21(30)25-20(24-16-7-4-14-10-19(29)33-17(14)11-16)27(22(26)31)12-13-2-5-15(23)6-3-13/h2-7,11H,8-10,12H2,1H3,(H,24,25,30). The van der Waals surface area contributed by atoms with Crippen molar-refractivity contribution in [3.05, 3.63) is 79.6 Å². The molecule has 0 saturated heterocycles. The molecule has 4 rings (SSSR count). The second-order valence-electron chi connectivity index (χ2n) is 7.29. The molecule has 33 heavy (non-hydrogen) atoms. The first-order chi connectivity index (χ1) is 15.8. The van der Waals surface area contributed by atoms with E-state index >= 15 is 0 Å². The average molecular weight is 471 g/mol. The van der Waals surface area contributed by atoms with Gasteiger partial charge in [-0.1, -0.05) is 29.8 Å². The summed E-state index contributed by atoms with van der Waals surface area (Å²) >= 11 is 5.95. The van der Waals surface area contributed by atoms with Gasteiger partial charge in [0.1, 0.15) is 5.75 Å². The summed E-state index contributed by atoms with van der Waals surface area (Å²) in [4.78, 5) is 52.9. The van der Waals surface area contributed by atoms with E-state index in [0.717, 1.165) is 15.7 Å². The average Bonchev–Trinajstić information content (AvgIpc) is 3.16. The molecule has 0 unspecified atom stereocenters.